The van der Waals surface area contributed by atoms with E-state index in [0.29, 0.717) is 35.0 Å². The van der Waals surface area contributed by atoms with Gasteiger partial charge in [-0.2, -0.15) is 5.10 Å². The highest BCUT2D eigenvalue weighted by Crippen LogP contribution is 2.36. The first-order valence-electron chi connectivity index (χ1n) is 10.1. The second-order valence-corrected chi connectivity index (χ2v) is 9.12. The summed E-state index contributed by atoms with van der Waals surface area (Å²) in [6.07, 6.45) is 0. The number of anilines is 1. The van der Waals surface area contributed by atoms with Crippen LogP contribution in [0.2, 0.25) is 0 Å². The van der Waals surface area contributed by atoms with Crippen molar-refractivity contribution in [2.75, 3.05) is 4.72 Å². The first kappa shape index (κ1) is 20.7. The molecule has 0 aliphatic carbocycles. The largest absolute Gasteiger partial charge is 0.504 e. The molecule has 33 heavy (non-hydrogen) atoms. The fourth-order valence-corrected chi connectivity index (χ4v) is 4.59. The van der Waals surface area contributed by atoms with Gasteiger partial charge in [0, 0.05) is 17.8 Å². The molecule has 0 bridgehead atoms. The molecule has 6 N–H and O–H groups in total. The van der Waals surface area contributed by atoms with Gasteiger partial charge >= 0.3 is 0 Å². The van der Waals surface area contributed by atoms with E-state index < -0.39 is 10.0 Å². The maximum absolute atomic E-state index is 12.5. The number of nitrogens with two attached hydrogens (primary N) is 1. The third-order valence-corrected chi connectivity index (χ3v) is 6.62. The lowest BCUT2D eigenvalue weighted by atomic mass is 10.1. The summed E-state index contributed by atoms with van der Waals surface area (Å²) in [5, 5.41) is 17.8. The zero-order chi connectivity index (χ0) is 23.0. The maximum Gasteiger partial charge on any atom is 0.261 e. The fourth-order valence-electron chi connectivity index (χ4n) is 3.51. The molecule has 2 aromatic heterocycles. The Hall–Kier alpha value is -4.15. The summed E-state index contributed by atoms with van der Waals surface area (Å²) < 4.78 is 27.5. The zero-order valence-electron chi connectivity index (χ0n) is 17.3. The summed E-state index contributed by atoms with van der Waals surface area (Å²) in [5.74, 6) is 0.383. The van der Waals surface area contributed by atoms with Gasteiger partial charge in [-0.25, -0.2) is 13.4 Å². The van der Waals surface area contributed by atoms with Crippen LogP contribution in [0.3, 0.4) is 0 Å². The van der Waals surface area contributed by atoms with E-state index in [0.717, 1.165) is 16.6 Å². The summed E-state index contributed by atoms with van der Waals surface area (Å²) in [5.41, 5.74) is 9.88. The minimum Gasteiger partial charge on any atom is -0.504 e. The Morgan fingerprint density at radius 1 is 1.00 bits per heavy atom. The third-order valence-electron chi connectivity index (χ3n) is 5.22. The average molecular weight is 461 g/mol. The van der Waals surface area contributed by atoms with Gasteiger partial charge in [0.15, 0.2) is 11.6 Å². The SMILES string of the molecule is NCc1ccc2[nH]c(-c3[nH]nc(-c4ccc(NS(=O)(=O)c5ccccc5)cc4)c3O)nc2c1. The summed E-state index contributed by atoms with van der Waals surface area (Å²) in [6, 6.07) is 20.4. The van der Waals surface area contributed by atoms with Gasteiger partial charge in [0.25, 0.3) is 10.0 Å². The molecule has 0 saturated heterocycles. The lowest BCUT2D eigenvalue weighted by Crippen LogP contribution is -2.12. The van der Waals surface area contributed by atoms with Crippen LogP contribution in [0.25, 0.3) is 33.8 Å². The second kappa shape index (κ2) is 8.08. The van der Waals surface area contributed by atoms with Crippen LogP contribution in [0.15, 0.2) is 77.7 Å². The smallest absolute Gasteiger partial charge is 0.261 e. The van der Waals surface area contributed by atoms with Crippen LogP contribution in [0.4, 0.5) is 5.69 Å². The molecule has 0 aliphatic rings. The molecule has 10 heteroatoms. The van der Waals surface area contributed by atoms with Crippen molar-refractivity contribution in [2.45, 2.75) is 11.4 Å². The van der Waals surface area contributed by atoms with E-state index in [1.165, 1.54) is 12.1 Å². The number of aromatic amines is 2. The van der Waals surface area contributed by atoms with Gasteiger partial charge in [0.2, 0.25) is 0 Å². The molecule has 0 fully saturated rings. The van der Waals surface area contributed by atoms with E-state index in [9.17, 15) is 13.5 Å². The Balaban J connectivity index is 1.41. The van der Waals surface area contributed by atoms with Crippen LogP contribution in [0.1, 0.15) is 5.56 Å². The van der Waals surface area contributed by atoms with Gasteiger partial charge in [0.05, 0.1) is 15.9 Å². The summed E-state index contributed by atoms with van der Waals surface area (Å²) in [6.45, 7) is 0.412. The Kier molecular flexibility index (Phi) is 5.08. The number of nitrogens with zero attached hydrogens (tertiary/aromatic N) is 2. The summed E-state index contributed by atoms with van der Waals surface area (Å²) in [4.78, 5) is 7.86. The van der Waals surface area contributed by atoms with Crippen LogP contribution in [0, 0.1) is 0 Å². The van der Waals surface area contributed by atoms with Gasteiger partial charge in [0.1, 0.15) is 11.4 Å². The van der Waals surface area contributed by atoms with Crippen LogP contribution in [0.5, 0.6) is 5.75 Å². The van der Waals surface area contributed by atoms with E-state index in [2.05, 4.69) is 24.9 Å². The molecule has 2 heterocycles. The molecular weight excluding hydrogens is 440 g/mol. The molecule has 3 aromatic carbocycles. The number of aromatic hydroxyl groups is 1. The molecule has 9 nitrogen and oxygen atoms in total. The van der Waals surface area contributed by atoms with Crippen molar-refractivity contribution in [1.29, 1.82) is 0 Å². The lowest BCUT2D eigenvalue weighted by Gasteiger charge is -2.08. The van der Waals surface area contributed by atoms with Crippen molar-refractivity contribution in [3.8, 4) is 28.5 Å². The van der Waals surface area contributed by atoms with Crippen molar-refractivity contribution in [2.24, 2.45) is 5.73 Å². The monoisotopic (exact) mass is 460 g/mol. The number of sulfonamides is 1. The van der Waals surface area contributed by atoms with Crippen LogP contribution < -0.4 is 10.5 Å². The Morgan fingerprint density at radius 3 is 2.48 bits per heavy atom. The molecule has 0 atom stereocenters. The highest BCUT2D eigenvalue weighted by atomic mass is 32.2. The van der Waals surface area contributed by atoms with Crippen molar-refractivity contribution >= 4 is 26.7 Å². The van der Waals surface area contributed by atoms with E-state index in [1.54, 1.807) is 42.5 Å². The number of fused-ring (bicyclic) bond motifs is 1. The number of H-pyrrole nitrogens is 2. The van der Waals surface area contributed by atoms with E-state index in [1.807, 2.05) is 18.2 Å². The van der Waals surface area contributed by atoms with E-state index >= 15 is 0 Å². The van der Waals surface area contributed by atoms with Crippen molar-refractivity contribution in [1.82, 2.24) is 20.2 Å². The molecule has 166 valence electrons. The first-order chi connectivity index (χ1) is 15.9. The average Bonchev–Trinajstić information content (AvgIpc) is 3.42. The number of rotatable bonds is 6. The van der Waals surface area contributed by atoms with Crippen LogP contribution in [-0.2, 0) is 16.6 Å². The van der Waals surface area contributed by atoms with Crippen molar-refractivity contribution in [3.05, 3.63) is 78.4 Å². The third kappa shape index (κ3) is 3.93. The fraction of sp³-hybridized carbons (Fsp3) is 0.0435. The summed E-state index contributed by atoms with van der Waals surface area (Å²) >= 11 is 0. The molecule has 5 aromatic rings. The number of imidazole rings is 1. The number of nitrogens with one attached hydrogen (secondary N) is 3. The Labute approximate surface area is 189 Å². The zero-order valence-corrected chi connectivity index (χ0v) is 18.1. The normalized spacial score (nSPS) is 11.7. The van der Waals surface area contributed by atoms with E-state index in [-0.39, 0.29) is 10.6 Å². The highest BCUT2D eigenvalue weighted by Gasteiger charge is 2.19. The predicted octanol–water partition coefficient (Wildman–Crippen LogP) is 3.59. The Bertz CT molecular complexity index is 1540. The van der Waals surface area contributed by atoms with Gasteiger partial charge in [-0.15, -0.1) is 0 Å². The lowest BCUT2D eigenvalue weighted by molar-refractivity contribution is 0.479. The van der Waals surface area contributed by atoms with Gasteiger partial charge in [-0.3, -0.25) is 9.82 Å². The summed E-state index contributed by atoms with van der Waals surface area (Å²) in [7, 11) is -3.69. The second-order valence-electron chi connectivity index (χ2n) is 7.43. The van der Waals surface area contributed by atoms with Gasteiger partial charge in [-0.1, -0.05) is 36.4 Å². The Morgan fingerprint density at radius 2 is 1.76 bits per heavy atom. The van der Waals surface area contributed by atoms with Crippen LogP contribution >= 0.6 is 0 Å². The highest BCUT2D eigenvalue weighted by molar-refractivity contribution is 7.92. The minimum atomic E-state index is -3.69. The van der Waals surface area contributed by atoms with Gasteiger partial charge < -0.3 is 15.8 Å². The number of benzene rings is 3. The van der Waals surface area contributed by atoms with Gasteiger partial charge in [-0.05, 0) is 42.0 Å². The first-order valence-corrected chi connectivity index (χ1v) is 11.6. The van der Waals surface area contributed by atoms with Crippen molar-refractivity contribution in [3.63, 3.8) is 0 Å². The predicted molar refractivity (Wildman–Crippen MR) is 126 cm³/mol. The topological polar surface area (TPSA) is 150 Å². The molecular formula is C23H20N6O3S. The molecule has 0 aliphatic heterocycles. The van der Waals surface area contributed by atoms with Crippen LogP contribution in [-0.4, -0.2) is 33.7 Å². The quantitative estimate of drug-likeness (QED) is 0.261. The molecule has 0 amide bonds. The standard InChI is InChI=1S/C23H20N6O3S/c24-13-14-6-11-18-19(12-14)26-23(25-18)21-22(30)20(27-28-21)15-7-9-16(10-8-15)29-33(31,32)17-4-2-1-3-5-17/h1-12,29-30H,13,24H2,(H,25,26)(H,27,28). The number of hydrogen-bond acceptors (Lipinski definition) is 6. The molecule has 0 saturated carbocycles. The van der Waals surface area contributed by atoms with E-state index in [4.69, 9.17) is 5.73 Å². The molecule has 0 radical (unpaired) electrons. The van der Waals surface area contributed by atoms with Crippen molar-refractivity contribution < 1.29 is 13.5 Å². The number of aromatic nitrogens is 4. The number of hydrogen-bond donors (Lipinski definition) is 5. The maximum atomic E-state index is 12.5. The molecule has 0 spiro atoms. The molecule has 5 rings (SSSR count). The molecule has 0 unspecified atom stereocenters. The minimum absolute atomic E-state index is 0.0641.